The highest BCUT2D eigenvalue weighted by atomic mass is 16.2. The Hall–Kier alpha value is -1.88. The van der Waals surface area contributed by atoms with Gasteiger partial charge in [-0.15, -0.1) is 0 Å². The number of piperidine rings is 1. The molecule has 1 aromatic carbocycles. The Morgan fingerprint density at radius 1 is 1.08 bits per heavy atom. The van der Waals surface area contributed by atoms with E-state index >= 15 is 0 Å². The maximum Gasteiger partial charge on any atom is 0.222 e. The van der Waals surface area contributed by atoms with Gasteiger partial charge < -0.3 is 10.6 Å². The van der Waals surface area contributed by atoms with Crippen LogP contribution in [0, 0.1) is 5.92 Å². The quantitative estimate of drug-likeness (QED) is 0.858. The van der Waals surface area contributed by atoms with Gasteiger partial charge in [-0.1, -0.05) is 30.3 Å². The molecule has 2 aliphatic rings. The minimum Gasteiger partial charge on any atom is -0.369 e. The molecule has 2 fully saturated rings. The Morgan fingerprint density at radius 3 is 2.38 bits per heavy atom. The van der Waals surface area contributed by atoms with E-state index in [-0.39, 0.29) is 17.7 Å². The molecule has 3 rings (SSSR count). The fourth-order valence-electron chi connectivity index (χ4n) is 3.69. The summed E-state index contributed by atoms with van der Waals surface area (Å²) in [6.07, 6.45) is 4.22. The van der Waals surface area contributed by atoms with Crippen LogP contribution in [-0.4, -0.2) is 53.8 Å². The maximum atomic E-state index is 12.2. The second-order valence-electron chi connectivity index (χ2n) is 7.00. The first-order chi connectivity index (χ1) is 11.6. The third kappa shape index (κ3) is 4.15. The lowest BCUT2D eigenvalue weighted by Gasteiger charge is -2.47. The Labute approximate surface area is 143 Å². The molecule has 2 aliphatic heterocycles. The molecule has 0 unspecified atom stereocenters. The van der Waals surface area contributed by atoms with Gasteiger partial charge in [-0.25, -0.2) is 0 Å². The number of likely N-dealkylation sites (tertiary alicyclic amines) is 2. The van der Waals surface area contributed by atoms with E-state index in [0.29, 0.717) is 12.5 Å². The normalized spacial score (nSPS) is 19.9. The topological polar surface area (TPSA) is 66.6 Å². The number of primary amides is 1. The molecule has 0 saturated carbocycles. The average molecular weight is 329 g/mol. The Bertz CT molecular complexity index is 561. The molecule has 0 atom stereocenters. The van der Waals surface area contributed by atoms with Gasteiger partial charge in [-0.2, -0.15) is 0 Å². The largest absolute Gasteiger partial charge is 0.369 e. The van der Waals surface area contributed by atoms with Gasteiger partial charge in [0.2, 0.25) is 11.8 Å². The fourth-order valence-corrected chi connectivity index (χ4v) is 3.69. The minimum atomic E-state index is -0.168. The predicted octanol–water partition coefficient (Wildman–Crippen LogP) is 1.42. The Balaban J connectivity index is 1.33. The fraction of sp³-hybridized carbons (Fsp3) is 0.579. The molecule has 0 spiro atoms. The number of aryl methyl sites for hydroxylation is 1. The van der Waals surface area contributed by atoms with E-state index in [2.05, 4.69) is 17.0 Å². The molecule has 130 valence electrons. The predicted molar refractivity (Wildman–Crippen MR) is 93.2 cm³/mol. The first-order valence-corrected chi connectivity index (χ1v) is 8.98. The third-order valence-electron chi connectivity index (χ3n) is 5.36. The number of nitrogens with two attached hydrogens (primary N) is 1. The van der Waals surface area contributed by atoms with E-state index in [1.54, 1.807) is 0 Å². The van der Waals surface area contributed by atoms with Crippen molar-refractivity contribution in [3.05, 3.63) is 35.9 Å². The molecule has 0 aromatic heterocycles. The molecule has 0 bridgehead atoms. The first kappa shape index (κ1) is 17.0. The molecule has 2 amide bonds. The number of hydrogen-bond donors (Lipinski definition) is 1. The van der Waals surface area contributed by atoms with Gasteiger partial charge in [0.05, 0.1) is 0 Å². The van der Waals surface area contributed by atoms with Crippen molar-refractivity contribution in [2.24, 2.45) is 11.7 Å². The highest BCUT2D eigenvalue weighted by molar-refractivity contribution is 5.77. The third-order valence-corrected chi connectivity index (χ3v) is 5.36. The Kier molecular flexibility index (Phi) is 5.51. The number of rotatable bonds is 6. The number of nitrogens with zero attached hydrogens (tertiary/aromatic N) is 2. The number of hydrogen-bond acceptors (Lipinski definition) is 3. The summed E-state index contributed by atoms with van der Waals surface area (Å²) in [6, 6.07) is 10.8. The molecule has 5 heteroatoms. The minimum absolute atomic E-state index is 0.0389. The SMILES string of the molecule is NC(=O)C1CCN(C2CN(C(=O)CCCc3ccccc3)C2)CC1. The van der Waals surface area contributed by atoms with Crippen molar-refractivity contribution in [2.75, 3.05) is 26.2 Å². The van der Waals surface area contributed by atoms with Crippen LogP contribution in [-0.2, 0) is 16.0 Å². The smallest absolute Gasteiger partial charge is 0.222 e. The summed E-state index contributed by atoms with van der Waals surface area (Å²) in [5.41, 5.74) is 6.67. The van der Waals surface area contributed by atoms with Gasteiger partial charge in [0.15, 0.2) is 0 Å². The standard InChI is InChI=1S/C19H27N3O2/c20-19(24)16-9-11-21(12-10-16)17-13-22(14-17)18(23)8-4-7-15-5-2-1-3-6-15/h1-3,5-6,16-17H,4,7-14H2,(H2,20,24). The van der Waals surface area contributed by atoms with Gasteiger partial charge in [0, 0.05) is 31.5 Å². The molecule has 2 saturated heterocycles. The van der Waals surface area contributed by atoms with Gasteiger partial charge in [-0.05, 0) is 44.3 Å². The van der Waals surface area contributed by atoms with Crippen LogP contribution in [0.25, 0.3) is 0 Å². The first-order valence-electron chi connectivity index (χ1n) is 8.98. The molecule has 0 radical (unpaired) electrons. The number of benzene rings is 1. The van der Waals surface area contributed by atoms with Crippen LogP contribution < -0.4 is 5.73 Å². The summed E-state index contributed by atoms with van der Waals surface area (Å²) in [4.78, 5) is 27.8. The lowest BCUT2D eigenvalue weighted by molar-refractivity contribution is -0.139. The van der Waals surface area contributed by atoms with Crippen LogP contribution in [0.4, 0.5) is 0 Å². The van der Waals surface area contributed by atoms with Crippen LogP contribution in [0.1, 0.15) is 31.2 Å². The molecule has 2 heterocycles. The lowest BCUT2D eigenvalue weighted by Crippen LogP contribution is -2.62. The van der Waals surface area contributed by atoms with E-state index in [4.69, 9.17) is 5.73 Å². The second kappa shape index (κ2) is 7.79. The zero-order chi connectivity index (χ0) is 16.9. The van der Waals surface area contributed by atoms with Crippen molar-refractivity contribution in [2.45, 2.75) is 38.1 Å². The highest BCUT2D eigenvalue weighted by Gasteiger charge is 2.36. The maximum absolute atomic E-state index is 12.2. The average Bonchev–Trinajstić information content (AvgIpc) is 2.55. The van der Waals surface area contributed by atoms with E-state index in [9.17, 15) is 9.59 Å². The number of amides is 2. The van der Waals surface area contributed by atoms with Crippen molar-refractivity contribution in [1.82, 2.24) is 9.80 Å². The van der Waals surface area contributed by atoms with Crippen molar-refractivity contribution < 1.29 is 9.59 Å². The van der Waals surface area contributed by atoms with Crippen molar-refractivity contribution in [1.29, 1.82) is 0 Å². The number of carbonyl (C=O) groups excluding carboxylic acids is 2. The Morgan fingerprint density at radius 2 is 1.75 bits per heavy atom. The van der Waals surface area contributed by atoms with Crippen molar-refractivity contribution in [3.63, 3.8) is 0 Å². The van der Waals surface area contributed by atoms with E-state index in [1.807, 2.05) is 23.1 Å². The van der Waals surface area contributed by atoms with Crippen molar-refractivity contribution >= 4 is 11.8 Å². The lowest BCUT2D eigenvalue weighted by atomic mass is 9.93. The highest BCUT2D eigenvalue weighted by Crippen LogP contribution is 2.23. The van der Waals surface area contributed by atoms with Crippen LogP contribution in [0.15, 0.2) is 30.3 Å². The molecule has 5 nitrogen and oxygen atoms in total. The van der Waals surface area contributed by atoms with Gasteiger partial charge >= 0.3 is 0 Å². The molecule has 24 heavy (non-hydrogen) atoms. The second-order valence-corrected chi connectivity index (χ2v) is 7.00. The van der Waals surface area contributed by atoms with E-state index < -0.39 is 0 Å². The molecule has 0 aliphatic carbocycles. The summed E-state index contributed by atoms with van der Waals surface area (Å²) in [7, 11) is 0. The van der Waals surface area contributed by atoms with Crippen LogP contribution >= 0.6 is 0 Å². The molecular weight excluding hydrogens is 302 g/mol. The zero-order valence-electron chi connectivity index (χ0n) is 14.2. The number of carbonyl (C=O) groups is 2. The monoisotopic (exact) mass is 329 g/mol. The zero-order valence-corrected chi connectivity index (χ0v) is 14.2. The van der Waals surface area contributed by atoms with Crippen LogP contribution in [0.3, 0.4) is 0 Å². The van der Waals surface area contributed by atoms with Gasteiger partial charge in [0.25, 0.3) is 0 Å². The van der Waals surface area contributed by atoms with Crippen LogP contribution in [0.5, 0.6) is 0 Å². The summed E-state index contributed by atoms with van der Waals surface area (Å²) < 4.78 is 0. The van der Waals surface area contributed by atoms with E-state index in [1.165, 1.54) is 5.56 Å². The molecule has 2 N–H and O–H groups in total. The van der Waals surface area contributed by atoms with Crippen molar-refractivity contribution in [3.8, 4) is 0 Å². The molecular formula is C19H27N3O2. The van der Waals surface area contributed by atoms with E-state index in [0.717, 1.165) is 51.9 Å². The molecule has 1 aromatic rings. The summed E-state index contributed by atoms with van der Waals surface area (Å²) in [6.45, 7) is 3.53. The summed E-state index contributed by atoms with van der Waals surface area (Å²) >= 11 is 0. The summed E-state index contributed by atoms with van der Waals surface area (Å²) in [5.74, 6) is 0.143. The van der Waals surface area contributed by atoms with Gasteiger partial charge in [-0.3, -0.25) is 14.5 Å². The van der Waals surface area contributed by atoms with Crippen LogP contribution in [0.2, 0.25) is 0 Å². The summed E-state index contributed by atoms with van der Waals surface area (Å²) in [5, 5.41) is 0. The van der Waals surface area contributed by atoms with Gasteiger partial charge in [0.1, 0.15) is 0 Å².